The Labute approximate surface area is 149 Å². The molecule has 0 aliphatic carbocycles. The lowest BCUT2D eigenvalue weighted by molar-refractivity contribution is 0.186. The predicted molar refractivity (Wildman–Crippen MR) is 109 cm³/mol. The van der Waals surface area contributed by atoms with E-state index in [0.717, 1.165) is 12.8 Å². The van der Waals surface area contributed by atoms with Crippen molar-refractivity contribution in [3.63, 3.8) is 0 Å². The van der Waals surface area contributed by atoms with Gasteiger partial charge in [0.1, 0.15) is 0 Å². The lowest BCUT2D eigenvalue weighted by atomic mass is 10.2. The lowest BCUT2D eigenvalue weighted by Gasteiger charge is -2.32. The molecule has 140 valence electrons. The van der Waals surface area contributed by atoms with E-state index >= 15 is 0 Å². The van der Waals surface area contributed by atoms with Gasteiger partial charge in [0.2, 0.25) is 0 Å². The summed E-state index contributed by atoms with van der Waals surface area (Å²) in [4.78, 5) is 0. The second kappa shape index (κ2) is 17.0. The maximum atomic E-state index is 6.03. The van der Waals surface area contributed by atoms with E-state index in [1.54, 1.807) is 0 Å². The Balaban J connectivity index is 4.51. The zero-order valence-electron chi connectivity index (χ0n) is 16.9. The van der Waals surface area contributed by atoms with Crippen LogP contribution in [-0.2, 0) is 4.74 Å². The second-order valence-electron chi connectivity index (χ2n) is 7.57. The van der Waals surface area contributed by atoms with Crippen molar-refractivity contribution in [3.8, 4) is 0 Å². The monoisotopic (exact) mass is 342 g/mol. The van der Waals surface area contributed by atoms with E-state index in [1.165, 1.54) is 95.2 Å². The molecule has 0 bridgehead atoms. The van der Waals surface area contributed by atoms with E-state index in [2.05, 4.69) is 27.7 Å². The third kappa shape index (κ3) is 13.2. The van der Waals surface area contributed by atoms with Crippen LogP contribution in [0.2, 0.25) is 18.1 Å². The van der Waals surface area contributed by atoms with Gasteiger partial charge in [0.15, 0.2) is 0 Å². The number of rotatable bonds is 18. The zero-order valence-corrected chi connectivity index (χ0v) is 17.9. The molecule has 0 atom stereocenters. The van der Waals surface area contributed by atoms with E-state index in [4.69, 9.17) is 4.74 Å². The van der Waals surface area contributed by atoms with E-state index in [-0.39, 0.29) is 0 Å². The number of ether oxygens (including phenoxy) is 1. The van der Waals surface area contributed by atoms with Crippen molar-refractivity contribution in [2.75, 3.05) is 12.8 Å². The standard InChI is InChI=1S/C21H46OSi/c1-5-9-12-15-18-23(21-22-8-4,19-16-13-10-6-2)20-17-14-11-7-3/h5-21H2,1-4H3. The molecule has 0 amide bonds. The van der Waals surface area contributed by atoms with Crippen LogP contribution in [0.5, 0.6) is 0 Å². The van der Waals surface area contributed by atoms with E-state index in [0.29, 0.717) is 0 Å². The fraction of sp³-hybridized carbons (Fsp3) is 1.00. The quantitative estimate of drug-likeness (QED) is 0.183. The summed E-state index contributed by atoms with van der Waals surface area (Å²) in [5.41, 5.74) is 0. The molecule has 0 unspecified atom stereocenters. The predicted octanol–water partition coefficient (Wildman–Crippen LogP) is 7.75. The van der Waals surface area contributed by atoms with Crippen LogP contribution < -0.4 is 0 Å². The van der Waals surface area contributed by atoms with Crippen LogP contribution in [0.1, 0.15) is 105 Å². The Bertz CT molecular complexity index is 199. The van der Waals surface area contributed by atoms with Gasteiger partial charge in [0.25, 0.3) is 0 Å². The summed E-state index contributed by atoms with van der Waals surface area (Å²) in [5, 5.41) is 0. The van der Waals surface area contributed by atoms with Gasteiger partial charge in [-0.25, -0.2) is 0 Å². The zero-order chi connectivity index (χ0) is 17.2. The molecule has 0 saturated carbocycles. The molecule has 0 rings (SSSR count). The van der Waals surface area contributed by atoms with Crippen LogP contribution in [0, 0.1) is 0 Å². The molecule has 0 spiro atoms. The molecule has 2 heteroatoms. The molecule has 0 heterocycles. The highest BCUT2D eigenvalue weighted by Gasteiger charge is 2.31. The van der Waals surface area contributed by atoms with Crippen molar-refractivity contribution in [2.45, 2.75) is 123 Å². The average molecular weight is 343 g/mol. The third-order valence-electron chi connectivity index (χ3n) is 5.29. The van der Waals surface area contributed by atoms with Gasteiger partial charge in [0.05, 0.1) is 8.07 Å². The normalized spacial score (nSPS) is 12.0. The smallest absolute Gasteiger partial charge is 0.0837 e. The summed E-state index contributed by atoms with van der Waals surface area (Å²) in [6.45, 7) is 10.0. The first kappa shape index (κ1) is 23.2. The van der Waals surface area contributed by atoms with Crippen LogP contribution in [-0.4, -0.2) is 20.9 Å². The largest absolute Gasteiger partial charge is 0.385 e. The molecule has 0 aromatic carbocycles. The Morgan fingerprint density at radius 1 is 0.522 bits per heavy atom. The highest BCUT2D eigenvalue weighted by atomic mass is 28.3. The molecular weight excluding hydrogens is 296 g/mol. The second-order valence-corrected chi connectivity index (χ2v) is 12.4. The Morgan fingerprint density at radius 2 is 0.913 bits per heavy atom. The van der Waals surface area contributed by atoms with Crippen LogP contribution in [0.4, 0.5) is 0 Å². The van der Waals surface area contributed by atoms with Gasteiger partial charge < -0.3 is 4.74 Å². The minimum atomic E-state index is -1.19. The van der Waals surface area contributed by atoms with Crippen molar-refractivity contribution in [3.05, 3.63) is 0 Å². The molecule has 1 nitrogen and oxygen atoms in total. The Morgan fingerprint density at radius 3 is 1.22 bits per heavy atom. The first-order valence-electron chi connectivity index (χ1n) is 10.8. The van der Waals surface area contributed by atoms with Crippen LogP contribution in [0.15, 0.2) is 0 Å². The molecule has 0 aliphatic heterocycles. The van der Waals surface area contributed by atoms with Crippen molar-refractivity contribution in [2.24, 2.45) is 0 Å². The van der Waals surface area contributed by atoms with Crippen molar-refractivity contribution >= 4 is 8.07 Å². The maximum absolute atomic E-state index is 6.03. The van der Waals surface area contributed by atoms with Crippen LogP contribution in [0.3, 0.4) is 0 Å². The number of unbranched alkanes of at least 4 members (excludes halogenated alkanes) is 9. The third-order valence-corrected chi connectivity index (χ3v) is 10.4. The van der Waals surface area contributed by atoms with Crippen LogP contribution in [0.25, 0.3) is 0 Å². The van der Waals surface area contributed by atoms with Gasteiger partial charge in [-0.2, -0.15) is 0 Å². The van der Waals surface area contributed by atoms with Crippen molar-refractivity contribution < 1.29 is 4.74 Å². The minimum Gasteiger partial charge on any atom is -0.385 e. The van der Waals surface area contributed by atoms with Gasteiger partial charge in [-0.15, -0.1) is 0 Å². The summed E-state index contributed by atoms with van der Waals surface area (Å²) in [6.07, 6.45) is 18.2. The fourth-order valence-electron chi connectivity index (χ4n) is 3.69. The molecule has 0 radical (unpaired) electrons. The molecule has 0 aromatic rings. The summed E-state index contributed by atoms with van der Waals surface area (Å²) in [5.74, 6) is 0. The van der Waals surface area contributed by atoms with Crippen molar-refractivity contribution in [1.82, 2.24) is 0 Å². The van der Waals surface area contributed by atoms with E-state index < -0.39 is 8.07 Å². The molecule has 0 fully saturated rings. The summed E-state index contributed by atoms with van der Waals surface area (Å²) < 4.78 is 6.03. The number of hydrogen-bond donors (Lipinski definition) is 0. The van der Waals surface area contributed by atoms with Gasteiger partial charge >= 0.3 is 0 Å². The minimum absolute atomic E-state index is 0.910. The molecule has 0 aliphatic rings. The van der Waals surface area contributed by atoms with Crippen molar-refractivity contribution in [1.29, 1.82) is 0 Å². The average Bonchev–Trinajstić information content (AvgIpc) is 2.57. The highest BCUT2D eigenvalue weighted by molar-refractivity contribution is 6.79. The van der Waals surface area contributed by atoms with E-state index in [1.807, 2.05) is 0 Å². The summed E-state index contributed by atoms with van der Waals surface area (Å²) in [6, 6.07) is 4.60. The molecule has 0 aromatic heterocycles. The van der Waals surface area contributed by atoms with Gasteiger partial charge in [-0.3, -0.25) is 0 Å². The molecule has 23 heavy (non-hydrogen) atoms. The first-order valence-corrected chi connectivity index (χ1v) is 13.6. The SMILES string of the molecule is CCCCCC[Si](CCCCCC)(CCCCCC)COCC. The highest BCUT2D eigenvalue weighted by Crippen LogP contribution is 2.30. The maximum Gasteiger partial charge on any atom is 0.0837 e. The van der Waals surface area contributed by atoms with Crippen LogP contribution >= 0.6 is 0 Å². The molecule has 0 N–H and O–H groups in total. The Hall–Kier alpha value is 0.177. The molecular formula is C21H46OSi. The van der Waals surface area contributed by atoms with Gasteiger partial charge in [-0.05, 0) is 6.92 Å². The number of hydrogen-bond acceptors (Lipinski definition) is 1. The Kier molecular flexibility index (Phi) is 17.1. The van der Waals surface area contributed by atoms with E-state index in [9.17, 15) is 0 Å². The van der Waals surface area contributed by atoms with Gasteiger partial charge in [0, 0.05) is 12.8 Å². The first-order chi connectivity index (χ1) is 11.2. The fourth-order valence-corrected chi connectivity index (χ4v) is 8.51. The summed E-state index contributed by atoms with van der Waals surface area (Å²) in [7, 11) is -1.19. The lowest BCUT2D eigenvalue weighted by Crippen LogP contribution is -2.40. The molecule has 0 saturated heterocycles. The topological polar surface area (TPSA) is 9.23 Å². The summed E-state index contributed by atoms with van der Waals surface area (Å²) >= 11 is 0. The van der Waals surface area contributed by atoms with Gasteiger partial charge in [-0.1, -0.05) is 116 Å².